The Morgan fingerprint density at radius 3 is 2.67 bits per heavy atom. The van der Waals surface area contributed by atoms with Crippen LogP contribution in [-0.2, 0) is 11.2 Å². The first-order valence-corrected chi connectivity index (χ1v) is 10.1. The number of rotatable bonds is 6. The molecule has 30 heavy (non-hydrogen) atoms. The number of carbonyl (C=O) groups is 1. The van der Waals surface area contributed by atoms with Crippen molar-refractivity contribution in [2.75, 3.05) is 4.90 Å². The summed E-state index contributed by atoms with van der Waals surface area (Å²) in [6, 6.07) is 12.5. The van der Waals surface area contributed by atoms with E-state index in [9.17, 15) is 13.6 Å². The van der Waals surface area contributed by atoms with E-state index in [-0.39, 0.29) is 30.1 Å². The molecule has 2 heterocycles. The molecule has 0 saturated heterocycles. The summed E-state index contributed by atoms with van der Waals surface area (Å²) in [5.41, 5.74) is 1.67. The van der Waals surface area contributed by atoms with Gasteiger partial charge in [0.25, 0.3) is 0 Å². The van der Waals surface area contributed by atoms with Crippen molar-refractivity contribution in [1.29, 1.82) is 0 Å². The number of amides is 1. The summed E-state index contributed by atoms with van der Waals surface area (Å²) in [6.45, 7) is 1.87. The fourth-order valence-electron chi connectivity index (χ4n) is 2.95. The lowest BCUT2D eigenvalue weighted by atomic mass is 10.2. The van der Waals surface area contributed by atoms with Gasteiger partial charge < -0.3 is 4.42 Å². The van der Waals surface area contributed by atoms with Crippen LogP contribution in [0.2, 0.25) is 0 Å². The molecule has 0 radical (unpaired) electrons. The standard InChI is InChI=1S/C22H17F2N3O2S/c1-14-13-30-22(26-14)27(16-5-3-2-4-6-16)21(28)10-9-20-25-12-19(29-20)17-8-7-15(23)11-18(17)24/h2-8,11-13H,9-10H2,1H3. The number of hydrogen-bond donors (Lipinski definition) is 0. The summed E-state index contributed by atoms with van der Waals surface area (Å²) in [4.78, 5) is 23.1. The summed E-state index contributed by atoms with van der Waals surface area (Å²) in [7, 11) is 0. The third-order valence-electron chi connectivity index (χ3n) is 4.36. The molecule has 0 atom stereocenters. The highest BCUT2D eigenvalue weighted by atomic mass is 32.1. The highest BCUT2D eigenvalue weighted by Crippen LogP contribution is 2.30. The lowest BCUT2D eigenvalue weighted by molar-refractivity contribution is -0.117. The molecule has 0 unspecified atom stereocenters. The van der Waals surface area contributed by atoms with E-state index in [1.165, 1.54) is 23.6 Å². The van der Waals surface area contributed by atoms with Gasteiger partial charge in [0.15, 0.2) is 16.8 Å². The molecule has 0 saturated carbocycles. The Bertz CT molecular complexity index is 1170. The molecule has 0 aliphatic heterocycles. The predicted molar refractivity (Wildman–Crippen MR) is 111 cm³/mol. The van der Waals surface area contributed by atoms with Gasteiger partial charge >= 0.3 is 0 Å². The van der Waals surface area contributed by atoms with Crippen molar-refractivity contribution in [3.63, 3.8) is 0 Å². The summed E-state index contributed by atoms with van der Waals surface area (Å²) < 4.78 is 32.6. The third-order valence-corrected chi connectivity index (χ3v) is 5.31. The number of para-hydroxylation sites is 1. The third kappa shape index (κ3) is 4.28. The lowest BCUT2D eigenvalue weighted by Gasteiger charge is -2.19. The first-order chi connectivity index (χ1) is 14.5. The lowest BCUT2D eigenvalue weighted by Crippen LogP contribution is -2.26. The van der Waals surface area contributed by atoms with Crippen LogP contribution in [0.25, 0.3) is 11.3 Å². The SMILES string of the molecule is Cc1csc(N(C(=O)CCc2ncc(-c3ccc(F)cc3F)o2)c2ccccc2)n1. The highest BCUT2D eigenvalue weighted by molar-refractivity contribution is 7.14. The minimum Gasteiger partial charge on any atom is -0.441 e. The second-order valence-corrected chi connectivity index (χ2v) is 7.42. The van der Waals surface area contributed by atoms with Crippen molar-refractivity contribution >= 4 is 28.1 Å². The number of halogens is 2. The molecule has 2 aromatic heterocycles. The molecule has 1 amide bonds. The number of hydrogen-bond acceptors (Lipinski definition) is 5. The van der Waals surface area contributed by atoms with Crippen LogP contribution in [0.5, 0.6) is 0 Å². The molecule has 152 valence electrons. The van der Waals surface area contributed by atoms with Crippen LogP contribution in [0, 0.1) is 18.6 Å². The van der Waals surface area contributed by atoms with Gasteiger partial charge in [-0.1, -0.05) is 18.2 Å². The second kappa shape index (κ2) is 8.54. The Hall–Kier alpha value is -3.39. The van der Waals surface area contributed by atoms with Crippen LogP contribution in [0.4, 0.5) is 19.6 Å². The van der Waals surface area contributed by atoms with Crippen molar-refractivity contribution in [2.45, 2.75) is 19.8 Å². The van der Waals surface area contributed by atoms with E-state index in [1.54, 1.807) is 4.90 Å². The van der Waals surface area contributed by atoms with Crippen LogP contribution >= 0.6 is 11.3 Å². The van der Waals surface area contributed by atoms with Crippen LogP contribution in [0.15, 0.2) is 64.5 Å². The monoisotopic (exact) mass is 425 g/mol. The van der Waals surface area contributed by atoms with Crippen molar-refractivity contribution in [1.82, 2.24) is 9.97 Å². The van der Waals surface area contributed by atoms with E-state index in [0.717, 1.165) is 23.5 Å². The summed E-state index contributed by atoms with van der Waals surface area (Å²) in [5.74, 6) is -1.08. The Morgan fingerprint density at radius 2 is 1.97 bits per heavy atom. The summed E-state index contributed by atoms with van der Waals surface area (Å²) in [5, 5.41) is 2.47. The van der Waals surface area contributed by atoms with Crippen LogP contribution in [0.1, 0.15) is 18.0 Å². The number of carbonyl (C=O) groups excluding carboxylic acids is 1. The average molecular weight is 425 g/mol. The molecule has 5 nitrogen and oxygen atoms in total. The largest absolute Gasteiger partial charge is 0.441 e. The Morgan fingerprint density at radius 1 is 1.17 bits per heavy atom. The number of anilines is 2. The maximum Gasteiger partial charge on any atom is 0.233 e. The van der Waals surface area contributed by atoms with Crippen molar-refractivity contribution < 1.29 is 18.0 Å². The minimum atomic E-state index is -0.733. The molecule has 0 N–H and O–H groups in total. The number of aromatic nitrogens is 2. The van der Waals surface area contributed by atoms with Gasteiger partial charge in [-0.15, -0.1) is 11.3 Å². The molecule has 4 rings (SSSR count). The Balaban J connectivity index is 1.51. The van der Waals surface area contributed by atoms with E-state index < -0.39 is 11.6 Å². The van der Waals surface area contributed by atoms with Gasteiger partial charge in [0, 0.05) is 24.3 Å². The molecule has 0 fully saturated rings. The van der Waals surface area contributed by atoms with Gasteiger partial charge in [-0.25, -0.2) is 18.7 Å². The molecule has 8 heteroatoms. The van der Waals surface area contributed by atoms with E-state index in [0.29, 0.717) is 11.0 Å². The maximum absolute atomic E-state index is 13.9. The van der Waals surface area contributed by atoms with Gasteiger partial charge in [0.2, 0.25) is 5.91 Å². The summed E-state index contributed by atoms with van der Waals surface area (Å²) in [6.07, 6.45) is 1.73. The number of benzene rings is 2. The fraction of sp³-hybridized carbons (Fsp3) is 0.136. The van der Waals surface area contributed by atoms with Gasteiger partial charge in [-0.3, -0.25) is 9.69 Å². The molecule has 4 aromatic rings. The van der Waals surface area contributed by atoms with Gasteiger partial charge in [0.05, 0.1) is 23.1 Å². The van der Waals surface area contributed by atoms with Crippen LogP contribution in [-0.4, -0.2) is 15.9 Å². The number of aryl methyl sites for hydroxylation is 2. The van der Waals surface area contributed by atoms with E-state index in [1.807, 2.05) is 42.6 Å². The Kier molecular flexibility index (Phi) is 5.67. The number of thiazole rings is 1. The van der Waals surface area contributed by atoms with Crippen LogP contribution in [0.3, 0.4) is 0 Å². The molecule has 0 spiro atoms. The zero-order valence-corrected chi connectivity index (χ0v) is 16.8. The Labute approximate surface area is 175 Å². The van der Waals surface area contributed by atoms with Gasteiger partial charge in [-0.05, 0) is 31.2 Å². The average Bonchev–Trinajstić information content (AvgIpc) is 3.37. The van der Waals surface area contributed by atoms with E-state index >= 15 is 0 Å². The molecule has 0 aliphatic carbocycles. The summed E-state index contributed by atoms with van der Waals surface area (Å²) >= 11 is 1.39. The zero-order valence-electron chi connectivity index (χ0n) is 16.0. The van der Waals surface area contributed by atoms with Crippen molar-refractivity contribution in [3.8, 4) is 11.3 Å². The first-order valence-electron chi connectivity index (χ1n) is 9.21. The number of nitrogens with zero attached hydrogens (tertiary/aromatic N) is 3. The minimum absolute atomic E-state index is 0.116. The zero-order chi connectivity index (χ0) is 21.1. The highest BCUT2D eigenvalue weighted by Gasteiger charge is 2.21. The molecule has 0 aliphatic rings. The molecule has 0 bridgehead atoms. The molecular weight excluding hydrogens is 408 g/mol. The predicted octanol–water partition coefficient (Wildman–Crippen LogP) is 5.68. The number of oxazole rings is 1. The molecule has 2 aromatic carbocycles. The van der Waals surface area contributed by atoms with E-state index in [2.05, 4.69) is 9.97 Å². The first kappa shape index (κ1) is 19.9. The van der Waals surface area contributed by atoms with Crippen molar-refractivity contribution in [3.05, 3.63) is 83.3 Å². The van der Waals surface area contributed by atoms with Crippen LogP contribution < -0.4 is 4.90 Å². The smallest absolute Gasteiger partial charge is 0.233 e. The quantitative estimate of drug-likeness (QED) is 0.399. The molecular formula is C22H17F2N3O2S. The second-order valence-electron chi connectivity index (χ2n) is 6.58. The van der Waals surface area contributed by atoms with Gasteiger partial charge in [-0.2, -0.15) is 0 Å². The fourth-order valence-corrected chi connectivity index (χ4v) is 3.79. The van der Waals surface area contributed by atoms with Gasteiger partial charge in [0.1, 0.15) is 11.6 Å². The maximum atomic E-state index is 13.9. The van der Waals surface area contributed by atoms with Crippen molar-refractivity contribution in [2.24, 2.45) is 0 Å². The normalized spacial score (nSPS) is 10.9. The van der Waals surface area contributed by atoms with E-state index in [4.69, 9.17) is 4.42 Å². The topological polar surface area (TPSA) is 59.2 Å².